The third-order valence-electron chi connectivity index (χ3n) is 3.29. The maximum Gasteiger partial charge on any atom is 0.194 e. The van der Waals surface area contributed by atoms with Gasteiger partial charge in [0.2, 0.25) is 0 Å². The average Bonchev–Trinajstić information content (AvgIpc) is 2.56. The van der Waals surface area contributed by atoms with Gasteiger partial charge in [0.1, 0.15) is 5.75 Å². The van der Waals surface area contributed by atoms with Gasteiger partial charge < -0.3 is 15.0 Å². The number of rotatable bonds is 5. The summed E-state index contributed by atoms with van der Waals surface area (Å²) in [6, 6.07) is 18.3. The SMILES string of the molecule is COc1ccc(CNC(=NCc2ccccc2)N(C)C)cc1. The number of nitrogens with zero attached hydrogens (tertiary/aromatic N) is 2. The van der Waals surface area contributed by atoms with Crippen LogP contribution in [-0.4, -0.2) is 32.1 Å². The summed E-state index contributed by atoms with van der Waals surface area (Å²) in [7, 11) is 5.66. The fourth-order valence-electron chi connectivity index (χ4n) is 2.03. The maximum atomic E-state index is 5.17. The van der Waals surface area contributed by atoms with Crippen LogP contribution in [0, 0.1) is 0 Å². The molecular weight excluding hydrogens is 274 g/mol. The summed E-state index contributed by atoms with van der Waals surface area (Å²) in [5, 5.41) is 3.38. The normalized spacial score (nSPS) is 11.1. The Hall–Kier alpha value is -2.49. The van der Waals surface area contributed by atoms with Crippen molar-refractivity contribution < 1.29 is 4.74 Å². The van der Waals surface area contributed by atoms with E-state index in [1.807, 2.05) is 49.3 Å². The third-order valence-corrected chi connectivity index (χ3v) is 3.29. The summed E-state index contributed by atoms with van der Waals surface area (Å²) in [6.07, 6.45) is 0. The van der Waals surface area contributed by atoms with Crippen LogP contribution in [0.25, 0.3) is 0 Å². The van der Waals surface area contributed by atoms with Gasteiger partial charge in [-0.05, 0) is 23.3 Å². The van der Waals surface area contributed by atoms with Gasteiger partial charge in [0.15, 0.2) is 5.96 Å². The fraction of sp³-hybridized carbons (Fsp3) is 0.278. The van der Waals surface area contributed by atoms with E-state index in [2.05, 4.69) is 34.6 Å². The molecule has 0 aliphatic carbocycles. The Morgan fingerprint density at radius 2 is 1.68 bits per heavy atom. The number of methoxy groups -OCH3 is 1. The minimum absolute atomic E-state index is 0.671. The second-order valence-corrected chi connectivity index (χ2v) is 5.22. The molecular formula is C18H23N3O. The van der Waals surface area contributed by atoms with Crippen LogP contribution in [-0.2, 0) is 13.1 Å². The molecule has 1 N–H and O–H groups in total. The molecule has 0 radical (unpaired) electrons. The van der Waals surface area contributed by atoms with Gasteiger partial charge in [-0.3, -0.25) is 0 Å². The Labute approximate surface area is 132 Å². The minimum Gasteiger partial charge on any atom is -0.497 e. The lowest BCUT2D eigenvalue weighted by Gasteiger charge is -2.18. The first kappa shape index (κ1) is 15.9. The molecule has 0 aliphatic rings. The van der Waals surface area contributed by atoms with Crippen molar-refractivity contribution in [2.45, 2.75) is 13.1 Å². The molecule has 0 atom stereocenters. The summed E-state index contributed by atoms with van der Waals surface area (Å²) in [5.74, 6) is 1.74. The topological polar surface area (TPSA) is 36.9 Å². The lowest BCUT2D eigenvalue weighted by molar-refractivity contribution is 0.414. The van der Waals surface area contributed by atoms with Crippen molar-refractivity contribution in [3.63, 3.8) is 0 Å². The second-order valence-electron chi connectivity index (χ2n) is 5.22. The van der Waals surface area contributed by atoms with E-state index >= 15 is 0 Å². The van der Waals surface area contributed by atoms with Crippen LogP contribution in [0.2, 0.25) is 0 Å². The van der Waals surface area contributed by atoms with Crippen molar-refractivity contribution >= 4 is 5.96 Å². The Kier molecular flexibility index (Phi) is 5.83. The molecule has 22 heavy (non-hydrogen) atoms. The van der Waals surface area contributed by atoms with Crippen molar-refractivity contribution in [2.24, 2.45) is 4.99 Å². The number of benzene rings is 2. The number of hydrogen-bond donors (Lipinski definition) is 1. The molecule has 0 amide bonds. The molecule has 4 nitrogen and oxygen atoms in total. The van der Waals surface area contributed by atoms with Crippen LogP contribution in [0.5, 0.6) is 5.75 Å². The van der Waals surface area contributed by atoms with Gasteiger partial charge in [-0.2, -0.15) is 0 Å². The van der Waals surface area contributed by atoms with E-state index in [4.69, 9.17) is 4.74 Å². The van der Waals surface area contributed by atoms with Gasteiger partial charge in [0, 0.05) is 20.6 Å². The van der Waals surface area contributed by atoms with Crippen LogP contribution in [0.1, 0.15) is 11.1 Å². The number of guanidine groups is 1. The van der Waals surface area contributed by atoms with E-state index in [0.717, 1.165) is 18.3 Å². The summed E-state index contributed by atoms with van der Waals surface area (Å²) < 4.78 is 5.17. The van der Waals surface area contributed by atoms with Crippen LogP contribution < -0.4 is 10.1 Å². The smallest absolute Gasteiger partial charge is 0.194 e. The molecule has 0 fully saturated rings. The Bertz CT molecular complexity index is 591. The van der Waals surface area contributed by atoms with Gasteiger partial charge in [0.25, 0.3) is 0 Å². The molecule has 0 unspecified atom stereocenters. The zero-order chi connectivity index (χ0) is 15.8. The molecule has 0 saturated carbocycles. The van der Waals surface area contributed by atoms with Crippen LogP contribution in [0.3, 0.4) is 0 Å². The van der Waals surface area contributed by atoms with Gasteiger partial charge >= 0.3 is 0 Å². The zero-order valence-electron chi connectivity index (χ0n) is 13.4. The number of hydrogen-bond acceptors (Lipinski definition) is 2. The summed E-state index contributed by atoms with van der Waals surface area (Å²) >= 11 is 0. The van der Waals surface area contributed by atoms with Crippen LogP contribution >= 0.6 is 0 Å². The van der Waals surface area contributed by atoms with Gasteiger partial charge in [0.05, 0.1) is 13.7 Å². The quantitative estimate of drug-likeness (QED) is 0.681. The first-order chi connectivity index (χ1) is 10.7. The molecule has 0 aliphatic heterocycles. The van der Waals surface area contributed by atoms with E-state index in [9.17, 15) is 0 Å². The van der Waals surface area contributed by atoms with Crippen LogP contribution in [0.15, 0.2) is 59.6 Å². The standard InChI is InChI=1S/C18H23N3O/c1-21(2)18(19-13-15-7-5-4-6-8-15)20-14-16-9-11-17(22-3)12-10-16/h4-12H,13-14H2,1-3H3,(H,19,20). The van der Waals surface area contributed by atoms with E-state index in [-0.39, 0.29) is 0 Å². The second kappa shape index (κ2) is 8.08. The zero-order valence-corrected chi connectivity index (χ0v) is 13.4. The lowest BCUT2D eigenvalue weighted by atomic mass is 10.2. The highest BCUT2D eigenvalue weighted by Crippen LogP contribution is 2.11. The molecule has 0 aromatic heterocycles. The Morgan fingerprint density at radius 3 is 2.27 bits per heavy atom. The maximum absolute atomic E-state index is 5.17. The molecule has 0 saturated heterocycles. The minimum atomic E-state index is 0.671. The highest BCUT2D eigenvalue weighted by molar-refractivity contribution is 5.79. The average molecular weight is 297 g/mol. The molecule has 2 aromatic rings. The van der Waals surface area contributed by atoms with Gasteiger partial charge in [-0.15, -0.1) is 0 Å². The largest absolute Gasteiger partial charge is 0.497 e. The fourth-order valence-corrected chi connectivity index (χ4v) is 2.03. The van der Waals surface area contributed by atoms with Crippen molar-refractivity contribution in [1.82, 2.24) is 10.2 Å². The van der Waals surface area contributed by atoms with E-state index in [1.165, 1.54) is 11.1 Å². The van der Waals surface area contributed by atoms with Crippen molar-refractivity contribution in [3.05, 3.63) is 65.7 Å². The Balaban J connectivity index is 1.96. The number of aliphatic imine (C=N–C) groups is 1. The summed E-state index contributed by atoms with van der Waals surface area (Å²) in [5.41, 5.74) is 2.39. The van der Waals surface area contributed by atoms with Crippen molar-refractivity contribution in [3.8, 4) is 5.75 Å². The molecule has 4 heteroatoms. The predicted molar refractivity (Wildman–Crippen MR) is 91.1 cm³/mol. The van der Waals surface area contributed by atoms with Crippen molar-refractivity contribution in [1.29, 1.82) is 0 Å². The third kappa shape index (κ3) is 4.81. The van der Waals surface area contributed by atoms with Gasteiger partial charge in [-0.1, -0.05) is 42.5 Å². The highest BCUT2D eigenvalue weighted by atomic mass is 16.5. The van der Waals surface area contributed by atoms with E-state index < -0.39 is 0 Å². The molecule has 2 rings (SSSR count). The predicted octanol–water partition coefficient (Wildman–Crippen LogP) is 2.90. The molecule has 116 valence electrons. The molecule has 0 heterocycles. The number of ether oxygens (including phenoxy) is 1. The molecule has 2 aromatic carbocycles. The highest BCUT2D eigenvalue weighted by Gasteiger charge is 2.02. The van der Waals surface area contributed by atoms with E-state index in [1.54, 1.807) is 7.11 Å². The van der Waals surface area contributed by atoms with Crippen molar-refractivity contribution in [2.75, 3.05) is 21.2 Å². The van der Waals surface area contributed by atoms with E-state index in [0.29, 0.717) is 6.54 Å². The summed E-state index contributed by atoms with van der Waals surface area (Å²) in [4.78, 5) is 6.64. The first-order valence-electron chi connectivity index (χ1n) is 7.31. The van der Waals surface area contributed by atoms with Crippen LogP contribution in [0.4, 0.5) is 0 Å². The summed E-state index contributed by atoms with van der Waals surface area (Å²) in [6.45, 7) is 1.40. The monoisotopic (exact) mass is 297 g/mol. The molecule has 0 spiro atoms. The number of nitrogens with one attached hydrogen (secondary N) is 1. The Morgan fingerprint density at radius 1 is 1.00 bits per heavy atom. The lowest BCUT2D eigenvalue weighted by Crippen LogP contribution is -2.36. The first-order valence-corrected chi connectivity index (χ1v) is 7.31. The van der Waals surface area contributed by atoms with Gasteiger partial charge in [-0.25, -0.2) is 4.99 Å². The molecule has 0 bridgehead atoms.